The fourth-order valence-electron chi connectivity index (χ4n) is 7.94. The van der Waals surface area contributed by atoms with Gasteiger partial charge in [0.2, 0.25) is 0 Å². The fourth-order valence-corrected chi connectivity index (χ4v) is 11.0. The molecule has 0 aliphatic carbocycles. The van der Waals surface area contributed by atoms with Crippen LogP contribution in [0.25, 0.3) is 50.6 Å². The number of pyridine rings is 2. The second kappa shape index (κ2) is 12.9. The van der Waals surface area contributed by atoms with Crippen LogP contribution < -0.4 is 10.5 Å². The molecule has 0 fully saturated rings. The number of aromatic nitrogens is 4. The van der Waals surface area contributed by atoms with E-state index in [1.807, 2.05) is 6.20 Å². The molecule has 7 rings (SSSR count). The van der Waals surface area contributed by atoms with Gasteiger partial charge in [0.1, 0.15) is 19.6 Å². The van der Waals surface area contributed by atoms with Crippen molar-refractivity contribution in [2.75, 3.05) is 0 Å². The van der Waals surface area contributed by atoms with Crippen LogP contribution in [0.2, 0.25) is 13.1 Å². The average Bonchev–Trinajstić information content (AvgIpc) is 3.65. The van der Waals surface area contributed by atoms with Gasteiger partial charge in [-0.1, -0.05) is 133 Å². The fraction of sp³-hybridized carbons (Fsp3) is 0.367. The molecule has 6 heteroatoms. The molecule has 284 valence electrons. The summed E-state index contributed by atoms with van der Waals surface area (Å²) in [5.41, 5.74) is 11.5. The maximum Gasteiger partial charge on any atom is 0.140 e. The minimum Gasteiger partial charge on any atom is -0.507 e. The largest absolute Gasteiger partial charge is 0.507 e. The lowest BCUT2D eigenvalue weighted by atomic mass is 9.78. The van der Waals surface area contributed by atoms with Crippen molar-refractivity contribution in [2.24, 2.45) is 0 Å². The monoisotopic (exact) mass is 746 g/mol. The molecule has 0 atom stereocenters. The highest BCUT2D eigenvalue weighted by molar-refractivity contribution is 7.02. The molecule has 0 bridgehead atoms. The molecule has 0 saturated heterocycles. The molecule has 6 aromatic rings. The molecule has 4 heterocycles. The van der Waals surface area contributed by atoms with E-state index < -0.39 is 8.07 Å². The van der Waals surface area contributed by atoms with Gasteiger partial charge < -0.3 is 9.67 Å². The first kappa shape index (κ1) is 38.5. The second-order valence-electron chi connectivity index (χ2n) is 20.2. The van der Waals surface area contributed by atoms with Gasteiger partial charge in [-0.25, -0.2) is 9.97 Å². The van der Waals surface area contributed by atoms with Crippen molar-refractivity contribution in [1.29, 1.82) is 0 Å². The summed E-state index contributed by atoms with van der Waals surface area (Å²) in [6, 6.07) is 28.3. The third-order valence-electron chi connectivity index (χ3n) is 11.2. The average molecular weight is 747 g/mol. The lowest BCUT2D eigenvalue weighted by Crippen LogP contribution is -2.50. The molecule has 1 aliphatic heterocycles. The van der Waals surface area contributed by atoms with E-state index in [0.717, 1.165) is 62.0 Å². The summed E-state index contributed by atoms with van der Waals surface area (Å²) in [5.74, 6) is 1.33. The van der Waals surface area contributed by atoms with E-state index in [-0.39, 0.29) is 21.7 Å². The normalized spacial score (nSPS) is 14.2. The Balaban J connectivity index is 1.58. The van der Waals surface area contributed by atoms with Crippen LogP contribution in [-0.4, -0.2) is 32.7 Å². The number of benzene rings is 3. The Morgan fingerprint density at radius 1 is 0.582 bits per heavy atom. The van der Waals surface area contributed by atoms with Gasteiger partial charge in [-0.2, -0.15) is 0 Å². The molecule has 3 aromatic heterocycles. The first-order valence-corrected chi connectivity index (χ1v) is 22.7. The van der Waals surface area contributed by atoms with Gasteiger partial charge >= 0.3 is 0 Å². The van der Waals surface area contributed by atoms with E-state index in [9.17, 15) is 5.11 Å². The highest BCUT2D eigenvalue weighted by Gasteiger charge is 2.45. The van der Waals surface area contributed by atoms with Crippen LogP contribution in [0.4, 0.5) is 0 Å². The van der Waals surface area contributed by atoms with Gasteiger partial charge in [-0.05, 0) is 86.2 Å². The van der Waals surface area contributed by atoms with E-state index in [1.165, 1.54) is 21.6 Å². The zero-order valence-corrected chi connectivity index (χ0v) is 36.4. The molecule has 1 aliphatic rings. The minimum atomic E-state index is -2.34. The molecular formula is C49H58N4OSi. The summed E-state index contributed by atoms with van der Waals surface area (Å²) in [5, 5.41) is 14.8. The van der Waals surface area contributed by atoms with E-state index in [0.29, 0.717) is 5.75 Å². The number of rotatable bonds is 4. The number of hydrogen-bond donors (Lipinski definition) is 1. The van der Waals surface area contributed by atoms with Gasteiger partial charge in [0.25, 0.3) is 0 Å². The highest BCUT2D eigenvalue weighted by atomic mass is 28.3. The predicted octanol–water partition coefficient (Wildman–Crippen LogP) is 11.4. The maximum absolute atomic E-state index is 12.2. The molecule has 5 nitrogen and oxygen atoms in total. The summed E-state index contributed by atoms with van der Waals surface area (Å²) in [6.45, 7) is 31.6. The predicted molar refractivity (Wildman–Crippen MR) is 234 cm³/mol. The zero-order chi connectivity index (χ0) is 40.0. The smallest absolute Gasteiger partial charge is 0.140 e. The van der Waals surface area contributed by atoms with Crippen LogP contribution in [0.15, 0.2) is 91.3 Å². The van der Waals surface area contributed by atoms with Crippen molar-refractivity contribution in [1.82, 2.24) is 19.5 Å². The van der Waals surface area contributed by atoms with E-state index >= 15 is 0 Å². The van der Waals surface area contributed by atoms with Crippen molar-refractivity contribution in [2.45, 2.75) is 118 Å². The number of imidazole rings is 1. The van der Waals surface area contributed by atoms with Crippen LogP contribution in [0, 0.1) is 0 Å². The zero-order valence-electron chi connectivity index (χ0n) is 35.4. The van der Waals surface area contributed by atoms with Crippen LogP contribution in [0.1, 0.15) is 106 Å². The SMILES string of the molecule is CC(C)(C)c1cc(-c2cc(-c3ccccc3)ccn2)cc(-c2nc(-c3cc(C(C)(C)C)cc(C(C)(C)C)c3O)cc3c2[Si](C)(C)c2cnc(C(C)(C)C)n2-3)c1. The van der Waals surface area contributed by atoms with Crippen molar-refractivity contribution in [3.05, 3.63) is 114 Å². The van der Waals surface area contributed by atoms with E-state index in [2.05, 4.69) is 186 Å². The van der Waals surface area contributed by atoms with Gasteiger partial charge in [0.05, 0.1) is 22.8 Å². The number of phenols is 1. The van der Waals surface area contributed by atoms with Crippen LogP contribution in [-0.2, 0) is 21.7 Å². The molecule has 0 unspecified atom stereocenters. The maximum atomic E-state index is 12.2. The number of hydrogen-bond acceptors (Lipinski definition) is 4. The third-order valence-corrected chi connectivity index (χ3v) is 14.6. The molecule has 0 spiro atoms. The summed E-state index contributed by atoms with van der Waals surface area (Å²) >= 11 is 0. The first-order valence-electron chi connectivity index (χ1n) is 19.7. The Morgan fingerprint density at radius 2 is 1.22 bits per heavy atom. The van der Waals surface area contributed by atoms with Gasteiger partial charge in [0, 0.05) is 45.4 Å². The number of nitrogens with zero attached hydrogens (tertiary/aromatic N) is 4. The quantitative estimate of drug-likeness (QED) is 0.182. The van der Waals surface area contributed by atoms with Gasteiger partial charge in [-0.15, -0.1) is 0 Å². The summed E-state index contributed by atoms with van der Waals surface area (Å²) < 4.78 is 2.42. The Kier molecular flexibility index (Phi) is 9.00. The van der Waals surface area contributed by atoms with E-state index in [1.54, 1.807) is 0 Å². The van der Waals surface area contributed by atoms with Gasteiger partial charge in [0.15, 0.2) is 0 Å². The van der Waals surface area contributed by atoms with Crippen molar-refractivity contribution >= 4 is 18.6 Å². The van der Waals surface area contributed by atoms with E-state index in [4.69, 9.17) is 15.0 Å². The third kappa shape index (κ3) is 6.88. The molecule has 0 saturated carbocycles. The molecule has 1 N–H and O–H groups in total. The molecule has 0 radical (unpaired) electrons. The second-order valence-corrected chi connectivity index (χ2v) is 24.5. The Hall–Kier alpha value is -4.81. The number of fused-ring (bicyclic) bond motifs is 3. The molecule has 0 amide bonds. The number of phenolic OH excluding ortho intramolecular Hbond substituents is 1. The number of aromatic hydroxyl groups is 1. The van der Waals surface area contributed by atoms with Crippen LogP contribution >= 0.6 is 0 Å². The molecule has 3 aromatic carbocycles. The summed E-state index contributed by atoms with van der Waals surface area (Å²) in [4.78, 5) is 15.7. The standard InChI is InChI=1S/C49H58N4OSi/c1-46(2,3)34-23-32(38-25-31(20-21-50-38)30-18-16-15-17-19-30)22-33(24-34)42-44-40(53-41(55(44,13)14)29-51-45(53)49(10,11)12)28-39(52-42)36-26-35(47(4,5)6)27-37(43(36)54)48(7,8)9/h15-29,54H,1-14H3. The molecule has 55 heavy (non-hydrogen) atoms. The Bertz CT molecular complexity index is 2450. The van der Waals surface area contributed by atoms with Crippen LogP contribution in [0.3, 0.4) is 0 Å². The van der Waals surface area contributed by atoms with Crippen molar-refractivity contribution in [3.63, 3.8) is 0 Å². The summed E-state index contributed by atoms with van der Waals surface area (Å²) in [7, 11) is -2.34. The lowest BCUT2D eigenvalue weighted by molar-refractivity contribution is 0.446. The highest BCUT2D eigenvalue weighted by Crippen LogP contribution is 2.44. The first-order chi connectivity index (χ1) is 25.5. The Morgan fingerprint density at radius 3 is 1.84 bits per heavy atom. The minimum absolute atomic E-state index is 0.134. The lowest BCUT2D eigenvalue weighted by Gasteiger charge is -2.28. The van der Waals surface area contributed by atoms with Crippen LogP contribution in [0.5, 0.6) is 5.75 Å². The topological polar surface area (TPSA) is 63.8 Å². The van der Waals surface area contributed by atoms with Gasteiger partial charge in [-0.3, -0.25) is 4.98 Å². The Labute approximate surface area is 330 Å². The van der Waals surface area contributed by atoms with Crippen molar-refractivity contribution in [3.8, 4) is 56.3 Å². The summed E-state index contributed by atoms with van der Waals surface area (Å²) in [6.07, 6.45) is 4.03. The molecular weight excluding hydrogens is 689 g/mol. The van der Waals surface area contributed by atoms with Crippen molar-refractivity contribution < 1.29 is 5.11 Å².